The standard InChI is InChI=1S/C15H19BrFNO2/c1-15(2,3)18-7-10(11(8-18)14(19)20)9-5-4-6-12(16)13(9)17/h4-6,10-11H,7-8H2,1-3H3,(H,19,20)/t10-,11+/m1/s1. The molecule has 1 heterocycles. The van der Waals surface area contributed by atoms with Crippen LogP contribution in [0.3, 0.4) is 0 Å². The Kier molecular flexibility index (Phi) is 4.21. The fourth-order valence-electron chi connectivity index (χ4n) is 2.72. The van der Waals surface area contributed by atoms with Crippen LogP contribution in [-0.4, -0.2) is 34.6 Å². The molecule has 1 aromatic rings. The van der Waals surface area contributed by atoms with E-state index in [1.54, 1.807) is 18.2 Å². The maximum absolute atomic E-state index is 14.3. The Bertz CT molecular complexity index is 527. The Hall–Kier alpha value is -0.940. The first-order chi connectivity index (χ1) is 9.21. The number of rotatable bonds is 2. The number of carboxylic acids is 1. The zero-order valence-corrected chi connectivity index (χ0v) is 13.4. The molecule has 1 saturated heterocycles. The first-order valence-electron chi connectivity index (χ1n) is 6.63. The van der Waals surface area contributed by atoms with Crippen LogP contribution >= 0.6 is 15.9 Å². The molecule has 110 valence electrons. The molecular formula is C15H19BrFNO2. The highest BCUT2D eigenvalue weighted by atomic mass is 79.9. The molecule has 1 fully saturated rings. The third-order valence-corrected chi connectivity index (χ3v) is 4.58. The van der Waals surface area contributed by atoms with Crippen LogP contribution < -0.4 is 0 Å². The Morgan fingerprint density at radius 3 is 2.60 bits per heavy atom. The van der Waals surface area contributed by atoms with Gasteiger partial charge in [0.15, 0.2) is 0 Å². The number of carboxylic acid groups (broad SMARTS) is 1. The highest BCUT2D eigenvalue weighted by molar-refractivity contribution is 9.10. The van der Waals surface area contributed by atoms with Crippen LogP contribution in [-0.2, 0) is 4.79 Å². The second-order valence-electron chi connectivity index (χ2n) is 6.27. The van der Waals surface area contributed by atoms with Crippen molar-refractivity contribution < 1.29 is 14.3 Å². The van der Waals surface area contributed by atoms with Gasteiger partial charge in [-0.25, -0.2) is 4.39 Å². The van der Waals surface area contributed by atoms with Crippen LogP contribution in [0.2, 0.25) is 0 Å². The lowest BCUT2D eigenvalue weighted by Crippen LogP contribution is -2.40. The normalized spacial score (nSPS) is 24.1. The minimum Gasteiger partial charge on any atom is -0.481 e. The molecule has 1 aromatic carbocycles. The smallest absolute Gasteiger partial charge is 0.308 e. The third kappa shape index (κ3) is 2.88. The molecule has 0 saturated carbocycles. The number of nitrogens with zero attached hydrogens (tertiary/aromatic N) is 1. The van der Waals surface area contributed by atoms with E-state index in [9.17, 15) is 14.3 Å². The van der Waals surface area contributed by atoms with Crippen LogP contribution in [0, 0.1) is 11.7 Å². The first kappa shape index (κ1) is 15.4. The molecule has 0 radical (unpaired) electrons. The largest absolute Gasteiger partial charge is 0.481 e. The van der Waals surface area contributed by atoms with E-state index in [1.807, 2.05) is 20.8 Å². The summed E-state index contributed by atoms with van der Waals surface area (Å²) in [4.78, 5) is 13.6. The maximum Gasteiger partial charge on any atom is 0.308 e. The molecule has 2 atom stereocenters. The van der Waals surface area contributed by atoms with E-state index >= 15 is 0 Å². The predicted molar refractivity (Wildman–Crippen MR) is 79.3 cm³/mol. The van der Waals surface area contributed by atoms with Crippen LogP contribution in [0.5, 0.6) is 0 Å². The number of carbonyl (C=O) groups is 1. The van der Waals surface area contributed by atoms with Gasteiger partial charge in [0.2, 0.25) is 0 Å². The molecule has 0 spiro atoms. The topological polar surface area (TPSA) is 40.5 Å². The summed E-state index contributed by atoms with van der Waals surface area (Å²) in [7, 11) is 0. The van der Waals surface area contributed by atoms with E-state index < -0.39 is 11.9 Å². The number of benzene rings is 1. The Balaban J connectivity index is 2.38. The van der Waals surface area contributed by atoms with Gasteiger partial charge in [0, 0.05) is 24.5 Å². The van der Waals surface area contributed by atoms with E-state index in [0.717, 1.165) is 0 Å². The van der Waals surface area contributed by atoms with Crippen molar-refractivity contribution in [2.75, 3.05) is 13.1 Å². The van der Waals surface area contributed by atoms with Gasteiger partial charge in [-0.15, -0.1) is 0 Å². The second-order valence-corrected chi connectivity index (χ2v) is 7.12. The van der Waals surface area contributed by atoms with Crippen molar-refractivity contribution in [3.8, 4) is 0 Å². The molecule has 20 heavy (non-hydrogen) atoms. The quantitative estimate of drug-likeness (QED) is 0.893. The van der Waals surface area contributed by atoms with Gasteiger partial charge in [0.1, 0.15) is 5.82 Å². The minimum atomic E-state index is -0.860. The number of aliphatic carboxylic acids is 1. The van der Waals surface area contributed by atoms with Crippen molar-refractivity contribution in [1.29, 1.82) is 0 Å². The highest BCUT2D eigenvalue weighted by Gasteiger charge is 2.43. The van der Waals surface area contributed by atoms with Gasteiger partial charge < -0.3 is 5.11 Å². The van der Waals surface area contributed by atoms with Crippen LogP contribution in [0.25, 0.3) is 0 Å². The van der Waals surface area contributed by atoms with E-state index in [2.05, 4.69) is 20.8 Å². The van der Waals surface area contributed by atoms with Crippen molar-refractivity contribution >= 4 is 21.9 Å². The van der Waals surface area contributed by atoms with Crippen molar-refractivity contribution in [2.24, 2.45) is 5.92 Å². The molecule has 0 aromatic heterocycles. The van der Waals surface area contributed by atoms with Crippen molar-refractivity contribution in [3.05, 3.63) is 34.1 Å². The molecule has 0 amide bonds. The number of hydrogen-bond acceptors (Lipinski definition) is 2. The molecule has 0 bridgehead atoms. The molecule has 2 rings (SSSR count). The van der Waals surface area contributed by atoms with E-state index in [4.69, 9.17) is 0 Å². The van der Waals surface area contributed by atoms with Crippen molar-refractivity contribution in [1.82, 2.24) is 4.90 Å². The average molecular weight is 344 g/mol. The van der Waals surface area contributed by atoms with Gasteiger partial charge in [-0.3, -0.25) is 9.69 Å². The molecule has 1 N–H and O–H groups in total. The lowest BCUT2D eigenvalue weighted by molar-refractivity contribution is -0.141. The summed E-state index contributed by atoms with van der Waals surface area (Å²) in [5.74, 6) is -2.09. The molecule has 3 nitrogen and oxygen atoms in total. The lowest BCUT2D eigenvalue weighted by Gasteiger charge is -2.31. The summed E-state index contributed by atoms with van der Waals surface area (Å²) >= 11 is 3.17. The average Bonchev–Trinajstić information content (AvgIpc) is 2.77. The first-order valence-corrected chi connectivity index (χ1v) is 7.43. The van der Waals surface area contributed by atoms with Crippen LogP contribution in [0.15, 0.2) is 22.7 Å². The van der Waals surface area contributed by atoms with Gasteiger partial charge in [0.05, 0.1) is 10.4 Å². The predicted octanol–water partition coefficient (Wildman–Crippen LogP) is 3.49. The molecule has 0 aliphatic carbocycles. The van der Waals surface area contributed by atoms with Crippen LogP contribution in [0.4, 0.5) is 4.39 Å². The number of likely N-dealkylation sites (tertiary alicyclic amines) is 1. The molecule has 5 heteroatoms. The fraction of sp³-hybridized carbons (Fsp3) is 0.533. The maximum atomic E-state index is 14.3. The summed E-state index contributed by atoms with van der Waals surface area (Å²) < 4.78 is 14.6. The highest BCUT2D eigenvalue weighted by Crippen LogP contribution is 2.38. The summed E-state index contributed by atoms with van der Waals surface area (Å²) in [6, 6.07) is 5.07. The molecule has 1 aliphatic rings. The Morgan fingerprint density at radius 2 is 2.05 bits per heavy atom. The van der Waals surface area contributed by atoms with Crippen molar-refractivity contribution in [3.63, 3.8) is 0 Å². The molecule has 1 aliphatic heterocycles. The Morgan fingerprint density at radius 1 is 1.40 bits per heavy atom. The van der Waals surface area contributed by atoms with Gasteiger partial charge in [0.25, 0.3) is 0 Å². The zero-order chi connectivity index (χ0) is 15.1. The number of halogens is 2. The third-order valence-electron chi connectivity index (χ3n) is 3.97. The monoisotopic (exact) mass is 343 g/mol. The van der Waals surface area contributed by atoms with E-state index in [1.165, 1.54) is 0 Å². The number of hydrogen-bond donors (Lipinski definition) is 1. The molecule has 0 unspecified atom stereocenters. The minimum absolute atomic E-state index is 0.120. The van der Waals surface area contributed by atoms with Crippen molar-refractivity contribution in [2.45, 2.75) is 32.2 Å². The lowest BCUT2D eigenvalue weighted by atomic mass is 9.89. The summed E-state index contributed by atoms with van der Waals surface area (Å²) in [5, 5.41) is 9.43. The summed E-state index contributed by atoms with van der Waals surface area (Å²) in [6.07, 6.45) is 0. The van der Waals surface area contributed by atoms with Gasteiger partial charge in [-0.1, -0.05) is 12.1 Å². The van der Waals surface area contributed by atoms with Gasteiger partial charge in [-0.2, -0.15) is 0 Å². The summed E-state index contributed by atoms with van der Waals surface area (Å²) in [5.41, 5.74) is 0.365. The summed E-state index contributed by atoms with van der Waals surface area (Å²) in [6.45, 7) is 7.16. The van der Waals surface area contributed by atoms with E-state index in [-0.39, 0.29) is 17.3 Å². The van der Waals surface area contributed by atoms with Gasteiger partial charge >= 0.3 is 5.97 Å². The SMILES string of the molecule is CC(C)(C)N1C[C@H](C(=O)O)[C@@H](c2cccc(Br)c2F)C1. The second kappa shape index (κ2) is 5.45. The van der Waals surface area contributed by atoms with Gasteiger partial charge in [-0.05, 0) is 48.3 Å². The van der Waals surface area contributed by atoms with Crippen LogP contribution in [0.1, 0.15) is 32.3 Å². The Labute approximate surface area is 126 Å². The van der Waals surface area contributed by atoms with E-state index in [0.29, 0.717) is 23.1 Å². The molecular weight excluding hydrogens is 325 g/mol. The fourth-order valence-corrected chi connectivity index (χ4v) is 3.11. The zero-order valence-electron chi connectivity index (χ0n) is 11.9.